The predicted molar refractivity (Wildman–Crippen MR) is 170 cm³/mol. The van der Waals surface area contributed by atoms with Crippen molar-refractivity contribution in [2.45, 2.75) is 44.1 Å². The van der Waals surface area contributed by atoms with Crippen LogP contribution in [0.25, 0.3) is 0 Å². The smallest absolute Gasteiger partial charge is 0.319 e. The molecule has 3 aliphatic carbocycles. The molecule has 8 N–H and O–H groups in total. The molecule has 2 unspecified atom stereocenters. The van der Waals surface area contributed by atoms with E-state index in [0.717, 1.165) is 0 Å². The summed E-state index contributed by atoms with van der Waals surface area (Å²) < 4.78 is 0. The Labute approximate surface area is 270 Å². The number of rotatable bonds is 7. The number of hydrogen-bond donors (Lipinski definition) is 7. The number of carbonyl (C=O) groups is 5. The van der Waals surface area contributed by atoms with Gasteiger partial charge in [0.05, 0.1) is 11.7 Å². The number of carbonyl (C=O) groups excluding carboxylic acids is 5. The number of benzene rings is 2. The second-order valence-corrected chi connectivity index (χ2v) is 12.9. The highest BCUT2D eigenvalue weighted by atomic mass is 16.4. The number of phenolic OH excluding ortho intramolecular Hbond substituents is 1. The topological polar surface area (TPSA) is 223 Å². The second-order valence-electron chi connectivity index (χ2n) is 12.9. The SMILES string of the molecule is CC(=O)c1ccc(NC(=O)NCc2cc(N(C)C)c3c(c2O)C(=O)C2=C(O)[C@]4(O)C(=O)C(C(N)=O)C(O)[C@@H](N(C)C)[C@@H]4C[C@@H]2C3)cc1. The molecule has 14 heteroatoms. The Morgan fingerprint density at radius 2 is 1.70 bits per heavy atom. The number of aromatic hydroxyl groups is 1. The van der Waals surface area contributed by atoms with E-state index in [1.807, 2.05) is 0 Å². The van der Waals surface area contributed by atoms with Gasteiger partial charge in [0, 0.05) is 60.7 Å². The van der Waals surface area contributed by atoms with Crippen LogP contribution in [0.4, 0.5) is 16.2 Å². The second kappa shape index (κ2) is 12.1. The zero-order chi connectivity index (χ0) is 34.7. The highest BCUT2D eigenvalue weighted by Gasteiger charge is 2.66. The molecule has 0 bridgehead atoms. The van der Waals surface area contributed by atoms with E-state index in [-0.39, 0.29) is 41.9 Å². The maximum atomic E-state index is 14.2. The molecule has 2 aromatic carbocycles. The summed E-state index contributed by atoms with van der Waals surface area (Å²) in [6.07, 6.45) is -1.42. The number of aliphatic hydroxyl groups excluding tert-OH is 2. The van der Waals surface area contributed by atoms with Crippen LogP contribution in [-0.4, -0.2) is 101 Å². The number of ketones is 3. The van der Waals surface area contributed by atoms with E-state index >= 15 is 0 Å². The number of allylic oxidation sites excluding steroid dienone is 1. The molecule has 2 aromatic rings. The van der Waals surface area contributed by atoms with E-state index < -0.39 is 70.5 Å². The van der Waals surface area contributed by atoms with Gasteiger partial charge in [-0.05, 0) is 75.7 Å². The fourth-order valence-corrected chi connectivity index (χ4v) is 7.38. The first-order valence-electron chi connectivity index (χ1n) is 15.1. The van der Waals surface area contributed by atoms with Crippen molar-refractivity contribution in [2.24, 2.45) is 23.5 Å². The van der Waals surface area contributed by atoms with Crippen molar-refractivity contribution in [3.8, 4) is 5.75 Å². The minimum absolute atomic E-state index is 0.00268. The van der Waals surface area contributed by atoms with Crippen molar-refractivity contribution in [3.63, 3.8) is 0 Å². The number of phenols is 1. The van der Waals surface area contributed by atoms with E-state index in [9.17, 15) is 44.4 Å². The molecule has 0 spiro atoms. The van der Waals surface area contributed by atoms with E-state index in [4.69, 9.17) is 5.73 Å². The van der Waals surface area contributed by atoms with Gasteiger partial charge in [0.15, 0.2) is 23.0 Å². The lowest BCUT2D eigenvalue weighted by molar-refractivity contribution is -0.178. The summed E-state index contributed by atoms with van der Waals surface area (Å²) >= 11 is 0. The highest BCUT2D eigenvalue weighted by molar-refractivity contribution is 6.16. The Hall–Kier alpha value is -4.79. The number of likely N-dealkylation sites (N-methyl/N-ethyl adjacent to an activating group) is 1. The quantitative estimate of drug-likeness (QED) is 0.165. The third kappa shape index (κ3) is 5.41. The number of nitrogens with two attached hydrogens (primary N) is 1. The van der Waals surface area contributed by atoms with Crippen molar-refractivity contribution in [3.05, 3.63) is 63.9 Å². The summed E-state index contributed by atoms with van der Waals surface area (Å²) in [6, 6.07) is 6.34. The van der Waals surface area contributed by atoms with Crippen LogP contribution < -0.4 is 21.3 Å². The number of aliphatic hydroxyl groups is 3. The average Bonchev–Trinajstić information content (AvgIpc) is 2.98. The molecule has 6 atom stereocenters. The molecule has 1 saturated carbocycles. The lowest BCUT2D eigenvalue weighted by Crippen LogP contribution is -2.71. The van der Waals surface area contributed by atoms with Crippen LogP contribution in [0.15, 0.2) is 41.7 Å². The molecule has 0 radical (unpaired) electrons. The summed E-state index contributed by atoms with van der Waals surface area (Å²) in [5.74, 6) is -8.29. The summed E-state index contributed by atoms with van der Waals surface area (Å²) in [5, 5.41) is 51.2. The largest absolute Gasteiger partial charge is 0.508 e. The molecule has 47 heavy (non-hydrogen) atoms. The predicted octanol–water partition coefficient (Wildman–Crippen LogP) is 0.876. The van der Waals surface area contributed by atoms with Gasteiger partial charge in [0.25, 0.3) is 0 Å². The molecular weight excluding hydrogens is 610 g/mol. The first-order valence-corrected chi connectivity index (χ1v) is 15.1. The van der Waals surface area contributed by atoms with Gasteiger partial charge >= 0.3 is 6.03 Å². The minimum Gasteiger partial charge on any atom is -0.508 e. The van der Waals surface area contributed by atoms with Gasteiger partial charge in [0.2, 0.25) is 5.91 Å². The van der Waals surface area contributed by atoms with Crippen molar-refractivity contribution >= 4 is 40.7 Å². The van der Waals surface area contributed by atoms with E-state index in [2.05, 4.69) is 10.6 Å². The standard InChI is InChI=1S/C33H39N5O9/c1-14(39)15-6-8-18(9-7-15)36-32(46)35-13-17-12-21(37(2)3)19-10-16-11-20-25(38(4)5)28(42)24(31(34)45)30(44)33(20,47)29(43)22(16)27(41)23(19)26(17)40/h6-9,12,16,20,24-25,28,40,42-43,47H,10-11,13H2,1-5H3,(H2,34,45)(H2,35,36,46)/t16-,20-,24?,25-,28?,33-/m0/s1. The first-order chi connectivity index (χ1) is 22.0. The Morgan fingerprint density at radius 1 is 1.06 bits per heavy atom. The van der Waals surface area contributed by atoms with Gasteiger partial charge in [-0.2, -0.15) is 0 Å². The lowest BCUT2D eigenvalue weighted by atomic mass is 9.56. The Morgan fingerprint density at radius 3 is 2.26 bits per heavy atom. The van der Waals surface area contributed by atoms with E-state index in [1.165, 1.54) is 6.92 Å². The normalized spacial score (nSPS) is 26.7. The van der Waals surface area contributed by atoms with Gasteiger partial charge in [0.1, 0.15) is 17.4 Å². The fraction of sp³-hybridized carbons (Fsp3) is 0.424. The van der Waals surface area contributed by atoms with E-state index in [0.29, 0.717) is 22.5 Å². The Balaban J connectivity index is 1.52. The van der Waals surface area contributed by atoms with Crippen molar-refractivity contribution < 1.29 is 44.4 Å². The number of anilines is 2. The monoisotopic (exact) mass is 649 g/mol. The molecule has 3 amide bonds. The summed E-state index contributed by atoms with van der Waals surface area (Å²) in [7, 11) is 6.69. The third-order valence-corrected chi connectivity index (χ3v) is 9.62. The number of fused-ring (bicyclic) bond motifs is 3. The van der Waals surface area contributed by atoms with Crippen LogP contribution in [0.3, 0.4) is 0 Å². The van der Waals surface area contributed by atoms with Gasteiger partial charge in [-0.3, -0.25) is 19.2 Å². The van der Waals surface area contributed by atoms with Crippen molar-refractivity contribution in [2.75, 3.05) is 38.4 Å². The molecule has 0 aromatic heterocycles. The summed E-state index contributed by atoms with van der Waals surface area (Å²) in [4.78, 5) is 67.5. The lowest BCUT2D eigenvalue weighted by Gasteiger charge is -2.53. The van der Waals surface area contributed by atoms with Crippen molar-refractivity contribution in [1.29, 1.82) is 0 Å². The number of urea groups is 1. The number of hydrogen-bond acceptors (Lipinski definition) is 11. The molecule has 250 valence electrons. The Kier molecular flexibility index (Phi) is 8.64. The Bertz CT molecular complexity index is 1720. The van der Waals surface area contributed by atoms with Gasteiger partial charge < -0.3 is 46.6 Å². The number of Topliss-reactive ketones (excluding diaryl/α,β-unsaturated/α-hetero) is 3. The zero-order valence-corrected chi connectivity index (χ0v) is 26.7. The van der Waals surface area contributed by atoms with Crippen LogP contribution in [-0.2, 0) is 22.6 Å². The number of primary amides is 1. The fourth-order valence-electron chi connectivity index (χ4n) is 7.38. The molecule has 14 nitrogen and oxygen atoms in total. The molecule has 3 aliphatic rings. The average molecular weight is 650 g/mol. The molecule has 0 heterocycles. The maximum absolute atomic E-state index is 14.2. The minimum atomic E-state index is -2.69. The van der Waals surface area contributed by atoms with Crippen molar-refractivity contribution in [1.82, 2.24) is 10.2 Å². The molecule has 0 saturated heterocycles. The maximum Gasteiger partial charge on any atom is 0.319 e. The van der Waals surface area contributed by atoms with Gasteiger partial charge in [-0.15, -0.1) is 0 Å². The number of amides is 3. The van der Waals surface area contributed by atoms with Gasteiger partial charge in [-0.25, -0.2) is 4.79 Å². The van der Waals surface area contributed by atoms with E-state index in [1.54, 1.807) is 68.3 Å². The summed E-state index contributed by atoms with van der Waals surface area (Å²) in [5.41, 5.74) is 4.49. The molecule has 5 rings (SSSR count). The first kappa shape index (κ1) is 33.6. The molecule has 1 fully saturated rings. The van der Waals surface area contributed by atoms with Gasteiger partial charge in [-0.1, -0.05) is 0 Å². The van der Waals surface area contributed by atoms with Crippen LogP contribution >= 0.6 is 0 Å². The number of nitrogens with one attached hydrogen (secondary N) is 2. The number of nitrogens with zero attached hydrogens (tertiary/aromatic N) is 2. The molecular formula is C33H39N5O9. The van der Waals surface area contributed by atoms with Crippen LogP contribution in [0.1, 0.15) is 45.2 Å². The van der Waals surface area contributed by atoms with Crippen LogP contribution in [0, 0.1) is 17.8 Å². The summed E-state index contributed by atoms with van der Waals surface area (Å²) in [6.45, 7) is 1.23. The molecule has 0 aliphatic heterocycles. The van der Waals surface area contributed by atoms with Crippen LogP contribution in [0.2, 0.25) is 0 Å². The highest BCUT2D eigenvalue weighted by Crippen LogP contribution is 2.53. The zero-order valence-electron chi connectivity index (χ0n) is 26.7. The third-order valence-electron chi connectivity index (χ3n) is 9.62. The van der Waals surface area contributed by atoms with Crippen LogP contribution in [0.5, 0.6) is 5.75 Å².